The lowest BCUT2D eigenvalue weighted by molar-refractivity contribution is -0.160. The molecule has 0 saturated carbocycles. The van der Waals surface area contributed by atoms with Gasteiger partial charge in [0, 0.05) is 10.8 Å². The number of hydrogen-bond donors (Lipinski definition) is 2. The molecule has 2 aliphatic heterocycles. The van der Waals surface area contributed by atoms with Crippen LogP contribution in [0, 0.1) is 6.92 Å². The maximum Gasteiger partial charge on any atom is 0.327 e. The topological polar surface area (TPSA) is 117 Å². The number of carbonyl (C=O) groups excluding carboxylic acids is 2. The van der Waals surface area contributed by atoms with Crippen LogP contribution < -0.4 is 10.7 Å². The summed E-state index contributed by atoms with van der Waals surface area (Å²) in [7, 11) is 0. The number of thioether (sulfide) groups is 1. The van der Waals surface area contributed by atoms with Crippen molar-refractivity contribution in [3.05, 3.63) is 51.9 Å². The van der Waals surface area contributed by atoms with Gasteiger partial charge in [0.15, 0.2) is 5.43 Å². The third-order valence-electron chi connectivity index (χ3n) is 5.34. The average Bonchev–Trinajstić information content (AvgIpc) is 2.94. The van der Waals surface area contributed by atoms with Crippen LogP contribution in [-0.2, 0) is 14.4 Å². The zero-order valence-electron chi connectivity index (χ0n) is 16.5. The van der Waals surface area contributed by atoms with Crippen LogP contribution in [0.2, 0.25) is 0 Å². The predicted molar refractivity (Wildman–Crippen MR) is 112 cm³/mol. The summed E-state index contributed by atoms with van der Waals surface area (Å²) in [5.41, 5.74) is 1.33. The van der Waals surface area contributed by atoms with Crippen LogP contribution in [0.15, 0.2) is 39.7 Å². The molecule has 3 atom stereocenters. The van der Waals surface area contributed by atoms with Crippen LogP contribution in [0.5, 0.6) is 0 Å². The molecule has 0 unspecified atom stereocenters. The molecular formula is C21H20N2O6S. The summed E-state index contributed by atoms with van der Waals surface area (Å²) >= 11 is 1.35. The van der Waals surface area contributed by atoms with Gasteiger partial charge in [-0.05, 0) is 39.0 Å². The van der Waals surface area contributed by atoms with Crippen LogP contribution in [-0.4, -0.2) is 50.0 Å². The zero-order valence-corrected chi connectivity index (χ0v) is 17.4. The highest BCUT2D eigenvalue weighted by molar-refractivity contribution is 8.01. The number of nitrogens with one attached hydrogen (secondary N) is 1. The minimum atomic E-state index is -1.06. The molecule has 2 N–H and O–H groups in total. The van der Waals surface area contributed by atoms with E-state index >= 15 is 0 Å². The number of carboxylic acid groups (broad SMARTS) is 1. The maximum atomic E-state index is 12.6. The number of carboxylic acids is 1. The zero-order chi connectivity index (χ0) is 21.8. The second-order valence-electron chi connectivity index (χ2n) is 7.94. The lowest BCUT2D eigenvalue weighted by Gasteiger charge is -2.43. The molecule has 30 heavy (non-hydrogen) atoms. The highest BCUT2D eigenvalue weighted by atomic mass is 32.2. The number of aryl methyl sites for hydroxylation is 1. The van der Waals surface area contributed by atoms with E-state index in [1.807, 2.05) is 13.0 Å². The van der Waals surface area contributed by atoms with Gasteiger partial charge in [-0.3, -0.25) is 14.4 Å². The SMILES string of the molecule is Cc1ccc2occ(/C=C/C(=O)N[C@@H]3C(=O)N4[C@@H]3SC(C)(C)[C@@H]4C(=O)O)c(=O)c2c1. The molecule has 0 spiro atoms. The summed E-state index contributed by atoms with van der Waals surface area (Å²) in [6.45, 7) is 5.40. The highest BCUT2D eigenvalue weighted by Crippen LogP contribution is 2.50. The van der Waals surface area contributed by atoms with Crippen LogP contribution in [0.4, 0.5) is 0 Å². The number of nitrogens with zero attached hydrogens (tertiary/aromatic N) is 1. The minimum absolute atomic E-state index is 0.215. The van der Waals surface area contributed by atoms with Gasteiger partial charge in [-0.25, -0.2) is 4.79 Å². The Labute approximate surface area is 175 Å². The minimum Gasteiger partial charge on any atom is -0.480 e. The maximum absolute atomic E-state index is 12.6. The Kier molecular flexibility index (Phi) is 4.73. The molecule has 9 heteroatoms. The molecule has 2 saturated heterocycles. The van der Waals surface area contributed by atoms with E-state index in [0.717, 1.165) is 5.56 Å². The molecule has 3 heterocycles. The Morgan fingerprint density at radius 3 is 2.73 bits per heavy atom. The average molecular weight is 428 g/mol. The molecule has 2 aromatic rings. The van der Waals surface area contributed by atoms with Gasteiger partial charge in [0.05, 0.1) is 10.9 Å². The first kappa shape index (κ1) is 20.2. The fourth-order valence-electron chi connectivity index (χ4n) is 3.89. The summed E-state index contributed by atoms with van der Waals surface area (Å²) in [6.07, 6.45) is 3.80. The first-order valence-electron chi connectivity index (χ1n) is 9.34. The summed E-state index contributed by atoms with van der Waals surface area (Å²) in [5.74, 6) is -2.03. The smallest absolute Gasteiger partial charge is 0.327 e. The van der Waals surface area contributed by atoms with Crippen molar-refractivity contribution in [3.8, 4) is 0 Å². The molecule has 2 amide bonds. The van der Waals surface area contributed by atoms with Crippen molar-refractivity contribution >= 4 is 46.6 Å². The molecule has 156 valence electrons. The molecule has 4 rings (SSSR count). The number of aliphatic carboxylic acids is 1. The number of benzene rings is 1. The number of amides is 2. The molecule has 0 radical (unpaired) electrons. The van der Waals surface area contributed by atoms with Crippen LogP contribution >= 0.6 is 11.8 Å². The number of β-lactam (4-membered cyclic amide) rings is 1. The monoisotopic (exact) mass is 428 g/mol. The first-order valence-corrected chi connectivity index (χ1v) is 10.2. The van der Waals surface area contributed by atoms with Crippen LogP contribution in [0.3, 0.4) is 0 Å². The molecule has 8 nitrogen and oxygen atoms in total. The van der Waals surface area contributed by atoms with Crippen molar-refractivity contribution in [1.29, 1.82) is 0 Å². The lowest BCUT2D eigenvalue weighted by Crippen LogP contribution is -2.70. The summed E-state index contributed by atoms with van der Waals surface area (Å²) in [5, 5.41) is 12.0. The Morgan fingerprint density at radius 2 is 2.03 bits per heavy atom. The third-order valence-corrected chi connectivity index (χ3v) is 6.91. The first-order chi connectivity index (χ1) is 14.1. The van der Waals surface area contributed by atoms with E-state index in [2.05, 4.69) is 5.32 Å². The third kappa shape index (κ3) is 3.19. The normalized spacial score (nSPS) is 24.7. The number of hydrogen-bond acceptors (Lipinski definition) is 6. The molecule has 1 aromatic carbocycles. The Bertz CT molecular complexity index is 1170. The van der Waals surface area contributed by atoms with E-state index in [1.165, 1.54) is 35.1 Å². The highest BCUT2D eigenvalue weighted by Gasteiger charge is 2.64. The number of carbonyl (C=O) groups is 3. The molecular weight excluding hydrogens is 408 g/mol. The lowest BCUT2D eigenvalue weighted by atomic mass is 9.96. The fourth-order valence-corrected chi connectivity index (χ4v) is 5.51. The fraction of sp³-hybridized carbons (Fsp3) is 0.333. The van der Waals surface area contributed by atoms with Gasteiger partial charge in [-0.1, -0.05) is 11.6 Å². The van der Waals surface area contributed by atoms with Gasteiger partial charge < -0.3 is 19.7 Å². The van der Waals surface area contributed by atoms with E-state index in [9.17, 15) is 24.3 Å². The van der Waals surface area contributed by atoms with E-state index in [0.29, 0.717) is 11.0 Å². The van der Waals surface area contributed by atoms with Gasteiger partial charge in [-0.2, -0.15) is 0 Å². The van der Waals surface area contributed by atoms with E-state index in [4.69, 9.17) is 4.42 Å². The quantitative estimate of drug-likeness (QED) is 0.563. The molecule has 0 bridgehead atoms. The second kappa shape index (κ2) is 7.02. The van der Waals surface area contributed by atoms with Crippen LogP contribution in [0.25, 0.3) is 17.0 Å². The van der Waals surface area contributed by atoms with E-state index in [1.54, 1.807) is 26.0 Å². The Morgan fingerprint density at radius 1 is 1.30 bits per heavy atom. The molecule has 1 aromatic heterocycles. The summed E-state index contributed by atoms with van der Waals surface area (Å²) < 4.78 is 4.79. The number of rotatable bonds is 4. The second-order valence-corrected chi connectivity index (χ2v) is 9.71. The summed E-state index contributed by atoms with van der Waals surface area (Å²) in [6, 6.07) is 3.54. The van der Waals surface area contributed by atoms with Crippen molar-refractivity contribution in [2.75, 3.05) is 0 Å². The van der Waals surface area contributed by atoms with Gasteiger partial charge in [0.2, 0.25) is 11.8 Å². The molecule has 2 aliphatic rings. The largest absolute Gasteiger partial charge is 0.480 e. The Hall–Kier alpha value is -3.07. The van der Waals surface area contributed by atoms with Crippen molar-refractivity contribution in [2.24, 2.45) is 0 Å². The standard InChI is InChI=1S/C21H20N2O6S/c1-10-4-6-13-12(8-10)16(25)11(9-29-13)5-7-14(24)22-15-18(26)23-17(20(27)28)21(2,3)30-19(15)23/h4-9,15,17,19H,1-3H3,(H,22,24)(H,27,28)/b7-5+/t15-,17+,19-/m1/s1. The van der Waals surface area contributed by atoms with Gasteiger partial charge >= 0.3 is 5.97 Å². The van der Waals surface area contributed by atoms with Gasteiger partial charge in [0.1, 0.15) is 29.3 Å². The van der Waals surface area contributed by atoms with Gasteiger partial charge in [0.25, 0.3) is 0 Å². The van der Waals surface area contributed by atoms with Crippen molar-refractivity contribution < 1.29 is 23.9 Å². The van der Waals surface area contributed by atoms with Crippen molar-refractivity contribution in [3.63, 3.8) is 0 Å². The Balaban J connectivity index is 1.49. The van der Waals surface area contributed by atoms with Crippen molar-refractivity contribution in [2.45, 2.75) is 43.0 Å². The van der Waals surface area contributed by atoms with Crippen molar-refractivity contribution in [1.82, 2.24) is 10.2 Å². The number of fused-ring (bicyclic) bond motifs is 2. The van der Waals surface area contributed by atoms with Gasteiger partial charge in [-0.15, -0.1) is 11.8 Å². The molecule has 2 fully saturated rings. The predicted octanol–water partition coefficient (Wildman–Crippen LogP) is 1.75. The molecule has 0 aliphatic carbocycles. The summed E-state index contributed by atoms with van der Waals surface area (Å²) in [4.78, 5) is 50.2. The van der Waals surface area contributed by atoms with E-state index in [-0.39, 0.29) is 11.0 Å². The van der Waals surface area contributed by atoms with Crippen LogP contribution in [0.1, 0.15) is 25.0 Å². The van der Waals surface area contributed by atoms with E-state index < -0.39 is 40.0 Å².